The van der Waals surface area contributed by atoms with E-state index < -0.39 is 29.1 Å². The highest BCUT2D eigenvalue weighted by atomic mass is 19.1. The summed E-state index contributed by atoms with van der Waals surface area (Å²) in [6.45, 7) is 1.27. The molecular formula is C17H16F2N2O4. The second kappa shape index (κ2) is 8.18. The van der Waals surface area contributed by atoms with Crippen molar-refractivity contribution in [1.82, 2.24) is 5.32 Å². The molecule has 0 fully saturated rings. The number of rotatable bonds is 7. The minimum Gasteiger partial charge on any atom is -0.477 e. The summed E-state index contributed by atoms with van der Waals surface area (Å²) in [4.78, 5) is 22.1. The molecule has 0 saturated carbocycles. The third-order valence-electron chi connectivity index (χ3n) is 3.43. The predicted molar refractivity (Wildman–Crippen MR) is 86.4 cm³/mol. The Hall–Kier alpha value is -3.03. The zero-order valence-electron chi connectivity index (χ0n) is 13.4. The van der Waals surface area contributed by atoms with Gasteiger partial charge in [0, 0.05) is 18.2 Å². The maximum atomic E-state index is 13.5. The smallest absolute Gasteiger partial charge is 0.311 e. The van der Waals surface area contributed by atoms with Crippen LogP contribution >= 0.6 is 0 Å². The molecule has 0 aliphatic heterocycles. The minimum absolute atomic E-state index is 0.00996. The summed E-state index contributed by atoms with van der Waals surface area (Å²) in [6.07, 6.45) is -0.0189. The Bertz CT molecular complexity index is 776. The van der Waals surface area contributed by atoms with Gasteiger partial charge in [0.1, 0.15) is 11.6 Å². The number of nitro benzene ring substituents is 1. The van der Waals surface area contributed by atoms with Crippen LogP contribution in [0.1, 0.15) is 11.1 Å². The van der Waals surface area contributed by atoms with E-state index in [1.165, 1.54) is 18.2 Å². The van der Waals surface area contributed by atoms with Gasteiger partial charge in [-0.3, -0.25) is 14.9 Å². The van der Waals surface area contributed by atoms with Gasteiger partial charge in [-0.2, -0.15) is 0 Å². The average molecular weight is 350 g/mol. The molecule has 2 aromatic rings. The standard InChI is InChI=1S/C17H16F2N2O4/c1-11-5-6-16(15(9-11)21(23)24)25-10-17(22)20-8-7-12-13(18)3-2-4-14(12)19/h2-6,9H,7-8,10H2,1H3,(H,20,22). The molecule has 0 aromatic heterocycles. The van der Waals surface area contributed by atoms with Crippen molar-refractivity contribution >= 4 is 11.6 Å². The maximum Gasteiger partial charge on any atom is 0.311 e. The highest BCUT2D eigenvalue weighted by molar-refractivity contribution is 5.77. The lowest BCUT2D eigenvalue weighted by atomic mass is 10.1. The molecule has 2 aromatic carbocycles. The molecule has 2 rings (SSSR count). The number of benzene rings is 2. The number of nitro groups is 1. The third kappa shape index (κ3) is 4.97. The predicted octanol–water partition coefficient (Wildman–Crippen LogP) is 2.92. The van der Waals surface area contributed by atoms with E-state index in [0.29, 0.717) is 5.56 Å². The fourth-order valence-electron chi connectivity index (χ4n) is 2.18. The van der Waals surface area contributed by atoms with Gasteiger partial charge in [0.2, 0.25) is 0 Å². The lowest BCUT2D eigenvalue weighted by Gasteiger charge is -2.09. The van der Waals surface area contributed by atoms with Crippen molar-refractivity contribution in [1.29, 1.82) is 0 Å². The van der Waals surface area contributed by atoms with Gasteiger partial charge < -0.3 is 10.1 Å². The first-order chi connectivity index (χ1) is 11.9. The lowest BCUT2D eigenvalue weighted by Crippen LogP contribution is -2.31. The molecule has 0 bridgehead atoms. The van der Waals surface area contributed by atoms with Crippen LogP contribution in [0.4, 0.5) is 14.5 Å². The van der Waals surface area contributed by atoms with E-state index in [4.69, 9.17) is 4.74 Å². The number of hydrogen-bond donors (Lipinski definition) is 1. The zero-order valence-corrected chi connectivity index (χ0v) is 13.4. The molecule has 0 heterocycles. The average Bonchev–Trinajstić information content (AvgIpc) is 2.56. The summed E-state index contributed by atoms with van der Waals surface area (Å²) in [6, 6.07) is 7.92. The van der Waals surface area contributed by atoms with E-state index >= 15 is 0 Å². The van der Waals surface area contributed by atoms with Crippen molar-refractivity contribution in [2.45, 2.75) is 13.3 Å². The third-order valence-corrected chi connectivity index (χ3v) is 3.43. The Morgan fingerprint density at radius 3 is 2.56 bits per heavy atom. The summed E-state index contributed by atoms with van der Waals surface area (Å²) in [5.41, 5.74) is 0.342. The Balaban J connectivity index is 1.87. The Morgan fingerprint density at radius 2 is 1.92 bits per heavy atom. The van der Waals surface area contributed by atoms with Gasteiger partial charge in [-0.05, 0) is 37.1 Å². The molecule has 0 spiro atoms. The van der Waals surface area contributed by atoms with E-state index in [1.54, 1.807) is 13.0 Å². The lowest BCUT2D eigenvalue weighted by molar-refractivity contribution is -0.385. The first-order valence-corrected chi connectivity index (χ1v) is 7.46. The van der Waals surface area contributed by atoms with E-state index in [9.17, 15) is 23.7 Å². The molecule has 25 heavy (non-hydrogen) atoms. The van der Waals surface area contributed by atoms with Crippen LogP contribution in [0.3, 0.4) is 0 Å². The van der Waals surface area contributed by atoms with Crippen LogP contribution in [0.15, 0.2) is 36.4 Å². The number of hydrogen-bond acceptors (Lipinski definition) is 4. The summed E-state index contributed by atoms with van der Waals surface area (Å²) in [7, 11) is 0. The Labute approximate surface area is 142 Å². The van der Waals surface area contributed by atoms with E-state index in [2.05, 4.69) is 5.32 Å². The topological polar surface area (TPSA) is 81.5 Å². The van der Waals surface area contributed by atoms with Crippen molar-refractivity contribution < 1.29 is 23.2 Å². The van der Waals surface area contributed by atoms with Gasteiger partial charge in [0.15, 0.2) is 12.4 Å². The highest BCUT2D eigenvalue weighted by Crippen LogP contribution is 2.27. The van der Waals surface area contributed by atoms with Crippen molar-refractivity contribution in [2.75, 3.05) is 13.2 Å². The van der Waals surface area contributed by atoms with Crippen molar-refractivity contribution in [3.05, 3.63) is 69.3 Å². The molecule has 8 heteroatoms. The van der Waals surface area contributed by atoms with E-state index in [1.807, 2.05) is 0 Å². The summed E-state index contributed by atoms with van der Waals surface area (Å²) in [5, 5.41) is 13.4. The van der Waals surface area contributed by atoms with Crippen LogP contribution in [0.2, 0.25) is 0 Å². The van der Waals surface area contributed by atoms with Crippen molar-refractivity contribution in [3.8, 4) is 5.75 Å². The number of carbonyl (C=O) groups is 1. The normalized spacial score (nSPS) is 10.4. The molecule has 1 N–H and O–H groups in total. The van der Waals surface area contributed by atoms with Gasteiger partial charge >= 0.3 is 5.69 Å². The van der Waals surface area contributed by atoms with Crippen LogP contribution in [0.5, 0.6) is 5.75 Å². The summed E-state index contributed by atoms with van der Waals surface area (Å²) in [5.74, 6) is -1.93. The van der Waals surface area contributed by atoms with Crippen LogP contribution < -0.4 is 10.1 Å². The molecule has 0 saturated heterocycles. The number of amides is 1. The Morgan fingerprint density at radius 1 is 1.24 bits per heavy atom. The van der Waals surface area contributed by atoms with Crippen LogP contribution in [-0.2, 0) is 11.2 Å². The van der Waals surface area contributed by atoms with Gasteiger partial charge in [-0.25, -0.2) is 8.78 Å². The quantitative estimate of drug-likeness (QED) is 0.615. The van der Waals surface area contributed by atoms with Crippen molar-refractivity contribution in [2.24, 2.45) is 0 Å². The molecule has 1 amide bonds. The molecule has 6 nitrogen and oxygen atoms in total. The monoisotopic (exact) mass is 350 g/mol. The number of nitrogens with one attached hydrogen (secondary N) is 1. The van der Waals surface area contributed by atoms with E-state index in [-0.39, 0.29) is 30.0 Å². The number of nitrogens with zero attached hydrogens (tertiary/aromatic N) is 1. The molecule has 132 valence electrons. The SMILES string of the molecule is Cc1ccc(OCC(=O)NCCc2c(F)cccc2F)c([N+](=O)[O-])c1. The maximum absolute atomic E-state index is 13.5. The summed E-state index contributed by atoms with van der Waals surface area (Å²) >= 11 is 0. The number of aryl methyl sites for hydroxylation is 1. The van der Waals surface area contributed by atoms with E-state index in [0.717, 1.165) is 12.1 Å². The first-order valence-electron chi connectivity index (χ1n) is 7.46. The number of halogens is 2. The Kier molecular flexibility index (Phi) is 5.99. The number of carbonyl (C=O) groups excluding carboxylic acids is 1. The van der Waals surface area contributed by atoms with Gasteiger partial charge in [0.25, 0.3) is 5.91 Å². The van der Waals surface area contributed by atoms with Gasteiger partial charge in [-0.15, -0.1) is 0 Å². The van der Waals surface area contributed by atoms with Crippen LogP contribution in [-0.4, -0.2) is 24.0 Å². The molecule has 0 radical (unpaired) electrons. The minimum atomic E-state index is -0.680. The fourth-order valence-corrected chi connectivity index (χ4v) is 2.18. The molecular weight excluding hydrogens is 334 g/mol. The second-order valence-electron chi connectivity index (χ2n) is 5.32. The number of ether oxygens (including phenoxy) is 1. The fraction of sp³-hybridized carbons (Fsp3) is 0.235. The molecule has 0 atom stereocenters. The molecule has 0 aliphatic rings. The van der Waals surface area contributed by atoms with Gasteiger partial charge in [0.05, 0.1) is 4.92 Å². The molecule has 0 unspecified atom stereocenters. The largest absolute Gasteiger partial charge is 0.477 e. The van der Waals surface area contributed by atoms with Crippen molar-refractivity contribution in [3.63, 3.8) is 0 Å². The first kappa shape index (κ1) is 18.3. The second-order valence-corrected chi connectivity index (χ2v) is 5.32. The highest BCUT2D eigenvalue weighted by Gasteiger charge is 2.16. The summed E-state index contributed by atoms with van der Waals surface area (Å²) < 4.78 is 32.1. The van der Waals surface area contributed by atoms with Crippen LogP contribution in [0.25, 0.3) is 0 Å². The van der Waals surface area contributed by atoms with Crippen LogP contribution in [0, 0.1) is 28.7 Å². The zero-order chi connectivity index (χ0) is 18.4. The molecule has 0 aliphatic carbocycles. The van der Waals surface area contributed by atoms with Gasteiger partial charge in [-0.1, -0.05) is 12.1 Å².